The molecule has 2 heterocycles. The minimum Gasteiger partial charge on any atom is -0.392 e. The Balaban J connectivity index is 1.34. The van der Waals surface area contributed by atoms with Crippen molar-refractivity contribution in [2.45, 2.75) is 53.1 Å². The van der Waals surface area contributed by atoms with Crippen molar-refractivity contribution in [2.24, 2.45) is 0 Å². The molecule has 220 valence electrons. The van der Waals surface area contributed by atoms with Gasteiger partial charge >= 0.3 is 0 Å². The van der Waals surface area contributed by atoms with Crippen molar-refractivity contribution in [3.63, 3.8) is 0 Å². The fraction of sp³-hybridized carbons (Fsp3) is 0.300. The van der Waals surface area contributed by atoms with Crippen molar-refractivity contribution < 1.29 is 19.4 Å². The van der Waals surface area contributed by atoms with Crippen molar-refractivity contribution in [1.29, 1.82) is 0 Å². The maximum Gasteiger partial charge on any atom is 0.272 e. The molecule has 1 aromatic heterocycles. The lowest BCUT2D eigenvalue weighted by atomic mass is 9.98. The number of carbonyl (C=O) groups is 1. The fourth-order valence-corrected chi connectivity index (χ4v) is 6.64. The summed E-state index contributed by atoms with van der Waals surface area (Å²) in [6, 6.07) is 23.6. The summed E-state index contributed by atoms with van der Waals surface area (Å²) >= 11 is 20.3. The smallest absolute Gasteiger partial charge is 0.272 e. The van der Waals surface area contributed by atoms with Gasteiger partial charge in [0.1, 0.15) is 5.01 Å². The molecule has 0 spiro atoms. The number of amides is 1. The SMILES string of the molecule is Cc1nnc(SCC2CC(c3ccc(CO)cc3)OC(c3ccc(-c4ccccc4CNC(=O)C(Cl)(Cl)Cl)cc3)O2)s1. The Labute approximate surface area is 267 Å². The monoisotopic (exact) mass is 663 g/mol. The maximum atomic E-state index is 12.1. The number of halogens is 3. The molecule has 3 aromatic carbocycles. The zero-order chi connectivity index (χ0) is 29.7. The van der Waals surface area contributed by atoms with Crippen LogP contribution in [0.5, 0.6) is 0 Å². The standard InChI is InChI=1S/C30H28Cl3N3O4S2/c1-18-35-36-29(42-18)41-17-24-14-26(21-8-6-19(16-37)7-9-21)40-27(39-24)22-12-10-20(11-13-22)25-5-3-2-4-23(25)15-34-28(38)30(31,32)33/h2-13,24,26-27,37H,14-17H2,1H3,(H,34,38). The molecule has 2 N–H and O–H groups in total. The van der Waals surface area contributed by atoms with Gasteiger partial charge in [-0.05, 0) is 34.7 Å². The van der Waals surface area contributed by atoms with Gasteiger partial charge in [-0.1, -0.05) is 131 Å². The van der Waals surface area contributed by atoms with E-state index in [1.165, 1.54) is 0 Å². The number of hydrogen-bond donors (Lipinski definition) is 2. The molecule has 3 unspecified atom stereocenters. The van der Waals surface area contributed by atoms with E-state index in [-0.39, 0.29) is 25.4 Å². The molecule has 12 heteroatoms. The molecule has 1 fully saturated rings. The number of thioether (sulfide) groups is 1. The number of aromatic nitrogens is 2. The highest BCUT2D eigenvalue weighted by atomic mass is 35.6. The van der Waals surface area contributed by atoms with Crippen molar-refractivity contribution >= 4 is 63.8 Å². The van der Waals surface area contributed by atoms with E-state index in [1.807, 2.05) is 79.7 Å². The van der Waals surface area contributed by atoms with Crippen LogP contribution in [0.4, 0.5) is 0 Å². The Morgan fingerprint density at radius 3 is 2.40 bits per heavy atom. The maximum absolute atomic E-state index is 12.1. The number of carbonyl (C=O) groups excluding carboxylic acids is 1. The molecule has 0 radical (unpaired) electrons. The summed E-state index contributed by atoms with van der Waals surface area (Å²) in [4.78, 5) is 12.1. The van der Waals surface area contributed by atoms with Crippen LogP contribution in [-0.2, 0) is 27.4 Å². The summed E-state index contributed by atoms with van der Waals surface area (Å²) in [5.41, 5.74) is 5.56. The lowest BCUT2D eigenvalue weighted by Gasteiger charge is -2.36. The second-order valence-electron chi connectivity index (χ2n) is 9.71. The Hall–Kier alpha value is -2.21. The lowest BCUT2D eigenvalue weighted by Crippen LogP contribution is -2.34. The van der Waals surface area contributed by atoms with E-state index in [0.29, 0.717) is 12.2 Å². The molecule has 3 atom stereocenters. The molecule has 42 heavy (non-hydrogen) atoms. The van der Waals surface area contributed by atoms with Crippen LogP contribution in [0.1, 0.15) is 46.1 Å². The molecule has 1 aliphatic heterocycles. The van der Waals surface area contributed by atoms with Crippen molar-refractivity contribution in [2.75, 3.05) is 5.75 Å². The third-order valence-electron chi connectivity index (χ3n) is 6.72. The molecule has 1 aliphatic rings. The highest BCUT2D eigenvalue weighted by molar-refractivity contribution is 8.01. The zero-order valence-corrected chi connectivity index (χ0v) is 26.4. The van der Waals surface area contributed by atoms with Gasteiger partial charge in [-0.15, -0.1) is 10.2 Å². The molecule has 0 aliphatic carbocycles. The Morgan fingerprint density at radius 1 is 1.02 bits per heavy atom. The van der Waals surface area contributed by atoms with E-state index in [9.17, 15) is 9.90 Å². The van der Waals surface area contributed by atoms with Gasteiger partial charge in [0.15, 0.2) is 10.6 Å². The molecular weight excluding hydrogens is 637 g/mol. The minimum atomic E-state index is -2.03. The number of aliphatic hydroxyl groups excluding tert-OH is 1. The number of benzene rings is 3. The first kappa shape index (κ1) is 31.2. The van der Waals surface area contributed by atoms with Crippen LogP contribution in [0.15, 0.2) is 77.1 Å². The summed E-state index contributed by atoms with van der Waals surface area (Å²) in [5.74, 6) is 0.0317. The van der Waals surface area contributed by atoms with E-state index in [2.05, 4.69) is 15.5 Å². The van der Waals surface area contributed by atoms with Gasteiger partial charge in [-0.25, -0.2) is 0 Å². The molecule has 5 rings (SSSR count). The van der Waals surface area contributed by atoms with Crippen molar-refractivity contribution in [3.8, 4) is 11.1 Å². The second kappa shape index (κ2) is 14.1. The van der Waals surface area contributed by atoms with Crippen LogP contribution in [0, 0.1) is 6.92 Å². The first-order valence-electron chi connectivity index (χ1n) is 13.2. The number of rotatable bonds is 9. The van der Waals surface area contributed by atoms with E-state index in [0.717, 1.165) is 42.7 Å². The van der Waals surface area contributed by atoms with E-state index >= 15 is 0 Å². The quantitative estimate of drug-likeness (QED) is 0.143. The summed E-state index contributed by atoms with van der Waals surface area (Å²) in [5, 5.41) is 21.4. The first-order valence-corrected chi connectivity index (χ1v) is 16.1. The molecule has 4 aromatic rings. The summed E-state index contributed by atoms with van der Waals surface area (Å²) in [6.45, 7) is 2.15. The van der Waals surface area contributed by atoms with Crippen LogP contribution in [0.25, 0.3) is 11.1 Å². The topological polar surface area (TPSA) is 93.6 Å². The molecule has 7 nitrogen and oxygen atoms in total. The largest absolute Gasteiger partial charge is 0.392 e. The van der Waals surface area contributed by atoms with E-state index in [1.54, 1.807) is 23.1 Å². The van der Waals surface area contributed by atoms with Crippen LogP contribution >= 0.6 is 57.9 Å². The summed E-state index contributed by atoms with van der Waals surface area (Å²) in [7, 11) is 0. The summed E-state index contributed by atoms with van der Waals surface area (Å²) < 4.78 is 11.8. The van der Waals surface area contributed by atoms with E-state index < -0.39 is 16.0 Å². The van der Waals surface area contributed by atoms with Gasteiger partial charge in [-0.2, -0.15) is 0 Å². The first-order chi connectivity index (χ1) is 20.2. The Bertz CT molecular complexity index is 1500. The predicted molar refractivity (Wildman–Crippen MR) is 168 cm³/mol. The number of aryl methyl sites for hydroxylation is 1. The highest BCUT2D eigenvalue weighted by Gasteiger charge is 2.33. The molecule has 0 bridgehead atoms. The van der Waals surface area contributed by atoms with Gasteiger partial charge in [0.25, 0.3) is 9.70 Å². The van der Waals surface area contributed by atoms with Crippen molar-refractivity contribution in [3.05, 3.63) is 100 Å². The Morgan fingerprint density at radius 2 is 1.74 bits per heavy atom. The Kier molecular flexibility index (Phi) is 10.4. The minimum absolute atomic E-state index is 0.00712. The van der Waals surface area contributed by atoms with Crippen LogP contribution < -0.4 is 5.32 Å². The number of hydrogen-bond acceptors (Lipinski definition) is 8. The fourth-order valence-electron chi connectivity index (χ4n) is 4.58. The summed E-state index contributed by atoms with van der Waals surface area (Å²) in [6.07, 6.45) is -0.149. The van der Waals surface area contributed by atoms with Gasteiger partial charge in [0, 0.05) is 24.3 Å². The molecular formula is C30H28Cl3N3O4S2. The molecule has 1 saturated heterocycles. The highest BCUT2D eigenvalue weighted by Crippen LogP contribution is 2.40. The van der Waals surface area contributed by atoms with Crippen LogP contribution in [0.3, 0.4) is 0 Å². The lowest BCUT2D eigenvalue weighted by molar-refractivity contribution is -0.245. The van der Waals surface area contributed by atoms with Gasteiger partial charge < -0.3 is 19.9 Å². The van der Waals surface area contributed by atoms with E-state index in [4.69, 9.17) is 44.3 Å². The number of nitrogens with one attached hydrogen (secondary N) is 1. The number of nitrogens with zero attached hydrogens (tertiary/aromatic N) is 2. The molecule has 1 amide bonds. The van der Waals surface area contributed by atoms with Crippen LogP contribution in [0.2, 0.25) is 0 Å². The number of alkyl halides is 3. The average Bonchev–Trinajstić information content (AvgIpc) is 3.43. The molecule has 0 saturated carbocycles. The average molecular weight is 665 g/mol. The number of ether oxygens (including phenoxy) is 2. The normalized spacial score (nSPS) is 19.0. The van der Waals surface area contributed by atoms with Crippen LogP contribution in [-0.4, -0.2) is 36.9 Å². The van der Waals surface area contributed by atoms with Gasteiger partial charge in [0.2, 0.25) is 0 Å². The third kappa shape index (κ3) is 8.03. The number of aliphatic hydroxyl groups is 1. The van der Waals surface area contributed by atoms with Gasteiger partial charge in [0.05, 0.1) is 18.8 Å². The predicted octanol–water partition coefficient (Wildman–Crippen LogP) is 7.33. The van der Waals surface area contributed by atoms with Crippen molar-refractivity contribution in [1.82, 2.24) is 15.5 Å². The van der Waals surface area contributed by atoms with Gasteiger partial charge in [-0.3, -0.25) is 4.79 Å². The zero-order valence-electron chi connectivity index (χ0n) is 22.5. The third-order valence-corrected chi connectivity index (χ3v) is 9.34. The second-order valence-corrected chi connectivity index (χ2v) is 14.4.